The van der Waals surface area contributed by atoms with Crippen molar-refractivity contribution in [1.29, 1.82) is 0 Å². The summed E-state index contributed by atoms with van der Waals surface area (Å²) in [6, 6.07) is 4.75. The van der Waals surface area contributed by atoms with Crippen LogP contribution < -0.4 is 15.7 Å². The Morgan fingerprint density at radius 1 is 1.22 bits per heavy atom. The molecule has 0 unspecified atom stereocenters. The second kappa shape index (κ2) is 8.11. The van der Waals surface area contributed by atoms with E-state index in [4.69, 9.17) is 14.3 Å². The van der Waals surface area contributed by atoms with Crippen molar-refractivity contribution in [1.82, 2.24) is 5.32 Å². The lowest BCUT2D eigenvalue weighted by Gasteiger charge is -2.22. The summed E-state index contributed by atoms with van der Waals surface area (Å²) >= 11 is 0. The molecular formula is C19H21NO7. The molecule has 0 saturated heterocycles. The van der Waals surface area contributed by atoms with E-state index in [0.29, 0.717) is 18.3 Å². The Labute approximate surface area is 154 Å². The van der Waals surface area contributed by atoms with E-state index in [1.54, 1.807) is 12.1 Å². The number of carbonyl (C=O) groups excluding carboxylic acids is 1. The number of carbonyl (C=O) groups is 2. The van der Waals surface area contributed by atoms with E-state index in [9.17, 15) is 19.5 Å². The maximum Gasteiger partial charge on any atom is 0.353 e. The minimum absolute atomic E-state index is 0.0911. The lowest BCUT2D eigenvalue weighted by molar-refractivity contribution is -0.135. The third-order valence-corrected chi connectivity index (χ3v) is 4.69. The van der Waals surface area contributed by atoms with Gasteiger partial charge in [-0.05, 0) is 30.9 Å². The second-order valence-corrected chi connectivity index (χ2v) is 6.63. The van der Waals surface area contributed by atoms with Crippen molar-refractivity contribution < 1.29 is 29.0 Å². The van der Waals surface area contributed by atoms with Gasteiger partial charge in [0.2, 0.25) is 0 Å². The average Bonchev–Trinajstić information content (AvgIpc) is 2.65. The molecule has 8 nitrogen and oxygen atoms in total. The first-order valence-electron chi connectivity index (χ1n) is 8.89. The SMILES string of the molecule is O=C(O)CNC(=O)c1c(O)c2c(OCC3CCCCC3)cccc2oc1=O. The highest BCUT2D eigenvalue weighted by Gasteiger charge is 2.24. The molecule has 3 N–H and O–H groups in total. The zero-order valence-electron chi connectivity index (χ0n) is 14.7. The summed E-state index contributed by atoms with van der Waals surface area (Å²) < 4.78 is 11.0. The standard InChI is InChI=1S/C19H21NO7/c21-14(22)9-20-18(24)16-17(23)15-12(7-4-8-13(15)27-19(16)25)26-10-11-5-2-1-3-6-11/h4,7-8,11,23H,1-3,5-6,9-10H2,(H,20,24)(H,21,22). The molecule has 1 fully saturated rings. The first kappa shape index (κ1) is 18.8. The van der Waals surface area contributed by atoms with Crippen LogP contribution in [-0.4, -0.2) is 35.2 Å². The predicted molar refractivity (Wildman–Crippen MR) is 96.2 cm³/mol. The summed E-state index contributed by atoms with van der Waals surface area (Å²) in [6.45, 7) is -0.214. The fraction of sp³-hybridized carbons (Fsp3) is 0.421. The minimum atomic E-state index is -1.27. The summed E-state index contributed by atoms with van der Waals surface area (Å²) in [5.41, 5.74) is -1.60. The van der Waals surface area contributed by atoms with E-state index < -0.39 is 35.4 Å². The van der Waals surface area contributed by atoms with E-state index in [-0.39, 0.29) is 11.0 Å². The van der Waals surface area contributed by atoms with Crippen molar-refractivity contribution in [3.8, 4) is 11.5 Å². The fourth-order valence-corrected chi connectivity index (χ4v) is 3.33. The first-order chi connectivity index (χ1) is 13.0. The summed E-state index contributed by atoms with van der Waals surface area (Å²) in [6.07, 6.45) is 5.71. The largest absolute Gasteiger partial charge is 0.506 e. The highest BCUT2D eigenvalue weighted by molar-refractivity contribution is 6.03. The molecule has 1 aliphatic carbocycles. The van der Waals surface area contributed by atoms with Crippen LogP contribution in [0.1, 0.15) is 42.5 Å². The number of nitrogens with one attached hydrogen (secondary N) is 1. The highest BCUT2D eigenvalue weighted by Crippen LogP contribution is 2.35. The molecule has 1 aliphatic rings. The van der Waals surface area contributed by atoms with Gasteiger partial charge in [0.05, 0.1) is 6.61 Å². The van der Waals surface area contributed by atoms with Crippen LogP contribution in [0.2, 0.25) is 0 Å². The molecule has 8 heteroatoms. The molecule has 0 bridgehead atoms. The van der Waals surface area contributed by atoms with Gasteiger partial charge in [0.1, 0.15) is 23.3 Å². The lowest BCUT2D eigenvalue weighted by Crippen LogP contribution is -2.32. The molecule has 2 aromatic rings. The molecule has 0 spiro atoms. The van der Waals surface area contributed by atoms with Crippen molar-refractivity contribution in [3.63, 3.8) is 0 Å². The third-order valence-electron chi connectivity index (χ3n) is 4.69. The van der Waals surface area contributed by atoms with Gasteiger partial charge < -0.3 is 24.7 Å². The Hall–Kier alpha value is -3.03. The molecule has 1 saturated carbocycles. The molecule has 1 aromatic carbocycles. The van der Waals surface area contributed by atoms with E-state index >= 15 is 0 Å². The minimum Gasteiger partial charge on any atom is -0.506 e. The Bertz CT molecular complexity index is 912. The van der Waals surface area contributed by atoms with Gasteiger partial charge in [0.25, 0.3) is 5.91 Å². The van der Waals surface area contributed by atoms with E-state index in [1.165, 1.54) is 12.5 Å². The van der Waals surface area contributed by atoms with Crippen LogP contribution in [0.25, 0.3) is 11.0 Å². The molecule has 3 rings (SSSR count). The summed E-state index contributed by atoms with van der Waals surface area (Å²) in [5, 5.41) is 21.4. The number of ether oxygens (including phenoxy) is 1. The van der Waals surface area contributed by atoms with E-state index in [0.717, 1.165) is 25.7 Å². The number of amides is 1. The fourth-order valence-electron chi connectivity index (χ4n) is 3.33. The van der Waals surface area contributed by atoms with Crippen molar-refractivity contribution in [2.24, 2.45) is 5.92 Å². The topological polar surface area (TPSA) is 126 Å². The van der Waals surface area contributed by atoms with Gasteiger partial charge in [-0.3, -0.25) is 9.59 Å². The van der Waals surface area contributed by atoms with Crippen LogP contribution in [0.5, 0.6) is 11.5 Å². The number of aromatic hydroxyl groups is 1. The van der Waals surface area contributed by atoms with Crippen LogP contribution in [0.4, 0.5) is 0 Å². The maximum absolute atomic E-state index is 12.1. The molecule has 27 heavy (non-hydrogen) atoms. The smallest absolute Gasteiger partial charge is 0.353 e. The molecule has 0 radical (unpaired) electrons. The van der Waals surface area contributed by atoms with E-state index in [1.807, 2.05) is 5.32 Å². The normalized spacial score (nSPS) is 14.8. The number of fused-ring (bicyclic) bond motifs is 1. The van der Waals surface area contributed by atoms with Gasteiger partial charge in [-0.15, -0.1) is 0 Å². The number of aliphatic carboxylic acids is 1. The summed E-state index contributed by atoms with van der Waals surface area (Å²) in [5.74, 6) is -2.14. The number of carboxylic acids is 1. The number of hydrogen-bond acceptors (Lipinski definition) is 6. The second-order valence-electron chi connectivity index (χ2n) is 6.63. The Morgan fingerprint density at radius 3 is 2.67 bits per heavy atom. The van der Waals surface area contributed by atoms with Gasteiger partial charge >= 0.3 is 11.6 Å². The number of benzene rings is 1. The summed E-state index contributed by atoms with van der Waals surface area (Å²) in [7, 11) is 0. The Balaban J connectivity index is 1.93. The van der Waals surface area contributed by atoms with Gasteiger partial charge in [-0.25, -0.2) is 4.79 Å². The number of hydrogen-bond donors (Lipinski definition) is 3. The Kier molecular flexibility index (Phi) is 5.63. The predicted octanol–water partition coefficient (Wildman–Crippen LogP) is 2.27. The molecule has 1 heterocycles. The average molecular weight is 375 g/mol. The van der Waals surface area contributed by atoms with Crippen molar-refractivity contribution >= 4 is 22.8 Å². The van der Waals surface area contributed by atoms with Gasteiger partial charge in [-0.1, -0.05) is 25.3 Å². The van der Waals surface area contributed by atoms with Gasteiger partial charge in [0.15, 0.2) is 11.3 Å². The monoisotopic (exact) mass is 375 g/mol. The zero-order valence-corrected chi connectivity index (χ0v) is 14.7. The van der Waals surface area contributed by atoms with Crippen LogP contribution in [0.3, 0.4) is 0 Å². The molecule has 1 aromatic heterocycles. The first-order valence-corrected chi connectivity index (χ1v) is 8.89. The van der Waals surface area contributed by atoms with Crippen LogP contribution >= 0.6 is 0 Å². The van der Waals surface area contributed by atoms with Crippen LogP contribution in [0.15, 0.2) is 27.4 Å². The van der Waals surface area contributed by atoms with Gasteiger partial charge in [-0.2, -0.15) is 0 Å². The maximum atomic E-state index is 12.1. The van der Waals surface area contributed by atoms with Gasteiger partial charge in [0, 0.05) is 0 Å². The molecule has 0 aliphatic heterocycles. The Morgan fingerprint density at radius 2 is 1.96 bits per heavy atom. The van der Waals surface area contributed by atoms with E-state index in [2.05, 4.69) is 0 Å². The lowest BCUT2D eigenvalue weighted by atomic mass is 9.90. The molecule has 144 valence electrons. The number of rotatable bonds is 6. The summed E-state index contributed by atoms with van der Waals surface area (Å²) in [4.78, 5) is 34.8. The molecule has 0 atom stereocenters. The van der Waals surface area contributed by atoms with Crippen LogP contribution in [-0.2, 0) is 4.79 Å². The van der Waals surface area contributed by atoms with Crippen molar-refractivity contribution in [2.45, 2.75) is 32.1 Å². The van der Waals surface area contributed by atoms with Crippen LogP contribution in [0, 0.1) is 5.92 Å². The number of carboxylic acid groups (broad SMARTS) is 1. The zero-order chi connectivity index (χ0) is 19.4. The third kappa shape index (κ3) is 4.21. The highest BCUT2D eigenvalue weighted by atomic mass is 16.5. The van der Waals surface area contributed by atoms with Crippen molar-refractivity contribution in [3.05, 3.63) is 34.2 Å². The quantitative estimate of drug-likeness (QED) is 0.661. The molecular weight excluding hydrogens is 354 g/mol. The molecule has 1 amide bonds. The van der Waals surface area contributed by atoms with Crippen molar-refractivity contribution in [2.75, 3.05) is 13.2 Å².